The van der Waals surface area contributed by atoms with Gasteiger partial charge in [-0.3, -0.25) is 19.4 Å². The Labute approximate surface area is 211 Å². The molecular weight excluding hydrogens is 476 g/mol. The Kier molecular flexibility index (Phi) is 7.13. The molecule has 2 aliphatic heterocycles. The van der Waals surface area contributed by atoms with Crippen molar-refractivity contribution in [3.05, 3.63) is 90.0 Å². The number of hydrogen-bond acceptors (Lipinski definition) is 6. The molecule has 1 atom stereocenters. The minimum absolute atomic E-state index is 0.0151. The summed E-state index contributed by atoms with van der Waals surface area (Å²) in [5.74, 6) is -0.647. The normalized spacial score (nSPS) is 18.5. The molecule has 2 N–H and O–H groups in total. The molecule has 0 spiro atoms. The number of aliphatic imine (C=N–C) groups is 1. The van der Waals surface area contributed by atoms with E-state index in [9.17, 15) is 13.2 Å². The topological polar surface area (TPSA) is 100 Å². The fourth-order valence-electron chi connectivity index (χ4n) is 4.43. The lowest BCUT2D eigenvalue weighted by atomic mass is 9.90. The number of carbonyl (C=O) groups is 1. The molecule has 1 fully saturated rings. The summed E-state index contributed by atoms with van der Waals surface area (Å²) in [5.41, 5.74) is 4.26. The first-order valence-corrected chi connectivity index (χ1v) is 13.6. The average Bonchev–Trinajstić information content (AvgIpc) is 3.23. The largest absolute Gasteiger partial charge is 0.379 e. The molecule has 0 aromatic heterocycles. The van der Waals surface area contributed by atoms with E-state index in [0.717, 1.165) is 29.9 Å². The van der Waals surface area contributed by atoms with Crippen LogP contribution in [0.3, 0.4) is 0 Å². The van der Waals surface area contributed by atoms with Crippen LogP contribution in [0.1, 0.15) is 17.0 Å². The molecule has 5 rings (SSSR count). The highest BCUT2D eigenvalue weighted by atomic mass is 32.2. The SMILES string of the molecule is O=C1Nc2ccccc2C1C(=Nc1ccc(NS(=O)(=O)CCN2CCOCC2)cc1)c1ccccc1. The van der Waals surface area contributed by atoms with E-state index in [-0.39, 0.29) is 11.7 Å². The fourth-order valence-corrected chi connectivity index (χ4v) is 5.53. The van der Waals surface area contributed by atoms with Gasteiger partial charge in [-0.05, 0) is 41.5 Å². The predicted molar refractivity (Wildman–Crippen MR) is 142 cm³/mol. The number of sulfonamides is 1. The minimum Gasteiger partial charge on any atom is -0.379 e. The van der Waals surface area contributed by atoms with E-state index in [2.05, 4.69) is 14.9 Å². The van der Waals surface area contributed by atoms with Crippen LogP contribution in [0.2, 0.25) is 0 Å². The van der Waals surface area contributed by atoms with Crippen LogP contribution in [0, 0.1) is 0 Å². The van der Waals surface area contributed by atoms with Crippen LogP contribution in [0.5, 0.6) is 0 Å². The van der Waals surface area contributed by atoms with E-state index in [0.29, 0.717) is 36.8 Å². The van der Waals surface area contributed by atoms with Gasteiger partial charge in [0.2, 0.25) is 15.9 Å². The summed E-state index contributed by atoms with van der Waals surface area (Å²) in [6, 6.07) is 24.1. The average molecular weight is 505 g/mol. The van der Waals surface area contributed by atoms with Crippen LogP contribution in [0.4, 0.5) is 17.1 Å². The Bertz CT molecular complexity index is 1350. The summed E-state index contributed by atoms with van der Waals surface area (Å²) < 4.78 is 33.1. The van der Waals surface area contributed by atoms with Gasteiger partial charge in [0.05, 0.1) is 30.4 Å². The van der Waals surface area contributed by atoms with Crippen molar-refractivity contribution in [2.24, 2.45) is 4.99 Å². The molecule has 0 bridgehead atoms. The Morgan fingerprint density at radius 1 is 0.972 bits per heavy atom. The lowest BCUT2D eigenvalue weighted by Crippen LogP contribution is -2.39. The molecule has 186 valence electrons. The molecule has 3 aromatic carbocycles. The smallest absolute Gasteiger partial charge is 0.238 e. The fraction of sp³-hybridized carbons (Fsp3) is 0.259. The third-order valence-corrected chi connectivity index (χ3v) is 7.57. The number of amides is 1. The van der Waals surface area contributed by atoms with E-state index in [4.69, 9.17) is 9.73 Å². The monoisotopic (exact) mass is 504 g/mol. The zero-order valence-corrected chi connectivity index (χ0v) is 20.6. The van der Waals surface area contributed by atoms with Crippen molar-refractivity contribution in [3.8, 4) is 0 Å². The van der Waals surface area contributed by atoms with Gasteiger partial charge in [-0.25, -0.2) is 8.42 Å². The summed E-state index contributed by atoms with van der Waals surface area (Å²) in [6.45, 7) is 3.22. The van der Waals surface area contributed by atoms with Crippen molar-refractivity contribution in [1.82, 2.24) is 4.90 Å². The predicted octanol–water partition coefficient (Wildman–Crippen LogP) is 3.62. The van der Waals surface area contributed by atoms with Crippen molar-refractivity contribution in [3.63, 3.8) is 0 Å². The summed E-state index contributed by atoms with van der Waals surface area (Å²) in [7, 11) is -3.49. The highest BCUT2D eigenvalue weighted by Gasteiger charge is 2.35. The molecule has 8 nitrogen and oxygen atoms in total. The minimum atomic E-state index is -3.49. The zero-order chi connectivity index (χ0) is 25.0. The number of benzene rings is 3. The van der Waals surface area contributed by atoms with Crippen molar-refractivity contribution < 1.29 is 17.9 Å². The van der Waals surface area contributed by atoms with Gasteiger partial charge in [0.1, 0.15) is 5.92 Å². The second kappa shape index (κ2) is 10.6. The number of rotatable bonds is 8. The molecule has 1 unspecified atom stereocenters. The van der Waals surface area contributed by atoms with Gasteiger partial charge in [-0.2, -0.15) is 0 Å². The van der Waals surface area contributed by atoms with Gasteiger partial charge in [0, 0.05) is 31.0 Å². The number of anilines is 2. The lowest BCUT2D eigenvalue weighted by molar-refractivity contribution is -0.115. The number of morpholine rings is 1. The highest BCUT2D eigenvalue weighted by Crippen LogP contribution is 2.36. The highest BCUT2D eigenvalue weighted by molar-refractivity contribution is 7.92. The Hall–Kier alpha value is -3.53. The molecule has 1 amide bonds. The Morgan fingerprint density at radius 3 is 2.42 bits per heavy atom. The first-order chi connectivity index (χ1) is 17.5. The Balaban J connectivity index is 1.36. The van der Waals surface area contributed by atoms with Gasteiger partial charge < -0.3 is 10.1 Å². The summed E-state index contributed by atoms with van der Waals surface area (Å²) in [4.78, 5) is 19.9. The van der Waals surface area contributed by atoms with E-state index in [1.165, 1.54) is 0 Å². The number of nitrogens with one attached hydrogen (secondary N) is 2. The second-order valence-electron chi connectivity index (χ2n) is 8.79. The maximum absolute atomic E-state index is 12.9. The molecule has 36 heavy (non-hydrogen) atoms. The zero-order valence-electron chi connectivity index (χ0n) is 19.8. The third-order valence-electron chi connectivity index (χ3n) is 6.31. The van der Waals surface area contributed by atoms with E-state index < -0.39 is 15.9 Å². The lowest BCUT2D eigenvalue weighted by Gasteiger charge is -2.26. The third kappa shape index (κ3) is 5.64. The van der Waals surface area contributed by atoms with Crippen molar-refractivity contribution in [2.75, 3.05) is 48.6 Å². The molecule has 0 saturated carbocycles. The van der Waals surface area contributed by atoms with Crippen molar-refractivity contribution >= 4 is 38.7 Å². The standard InChI is InChI=1S/C27H28N4O4S/c32-27-25(23-8-4-5-9-24(23)29-27)26(20-6-2-1-3-7-20)28-21-10-12-22(13-11-21)30-36(33,34)19-16-31-14-17-35-18-15-31/h1-13,25,30H,14-19H2,(H,29,32). The van der Waals surface area contributed by atoms with Gasteiger partial charge in [0.15, 0.2) is 0 Å². The second-order valence-corrected chi connectivity index (χ2v) is 10.6. The number of ether oxygens (including phenoxy) is 1. The molecule has 2 heterocycles. The first kappa shape index (κ1) is 24.2. The molecule has 1 saturated heterocycles. The number of para-hydroxylation sites is 1. The van der Waals surface area contributed by atoms with Gasteiger partial charge in [0.25, 0.3) is 0 Å². The van der Waals surface area contributed by atoms with Crippen LogP contribution in [0.15, 0.2) is 83.9 Å². The van der Waals surface area contributed by atoms with Crippen LogP contribution in [-0.4, -0.2) is 63.5 Å². The number of carbonyl (C=O) groups excluding carboxylic acids is 1. The van der Waals surface area contributed by atoms with Crippen LogP contribution in [-0.2, 0) is 19.6 Å². The van der Waals surface area contributed by atoms with Crippen molar-refractivity contribution in [2.45, 2.75) is 5.92 Å². The number of nitrogens with zero attached hydrogens (tertiary/aromatic N) is 2. The maximum Gasteiger partial charge on any atom is 0.238 e. The molecule has 0 aliphatic carbocycles. The van der Waals surface area contributed by atoms with Gasteiger partial charge in [-0.1, -0.05) is 48.5 Å². The van der Waals surface area contributed by atoms with E-state index in [1.807, 2.05) is 54.6 Å². The van der Waals surface area contributed by atoms with Crippen LogP contribution in [0.25, 0.3) is 0 Å². The molecule has 9 heteroatoms. The number of hydrogen-bond donors (Lipinski definition) is 2. The van der Waals surface area contributed by atoms with Crippen molar-refractivity contribution in [1.29, 1.82) is 0 Å². The first-order valence-electron chi connectivity index (χ1n) is 11.9. The quantitative estimate of drug-likeness (QED) is 0.457. The summed E-state index contributed by atoms with van der Waals surface area (Å²) in [6.07, 6.45) is 0. The molecular formula is C27H28N4O4S. The molecule has 3 aromatic rings. The number of fused-ring (bicyclic) bond motifs is 1. The van der Waals surface area contributed by atoms with Crippen LogP contribution >= 0.6 is 0 Å². The van der Waals surface area contributed by atoms with Gasteiger partial charge in [-0.15, -0.1) is 0 Å². The van der Waals surface area contributed by atoms with E-state index >= 15 is 0 Å². The van der Waals surface area contributed by atoms with Crippen LogP contribution < -0.4 is 10.0 Å². The maximum atomic E-state index is 12.9. The summed E-state index contributed by atoms with van der Waals surface area (Å²) in [5, 5.41) is 2.95. The van der Waals surface area contributed by atoms with Gasteiger partial charge >= 0.3 is 0 Å². The van der Waals surface area contributed by atoms with E-state index in [1.54, 1.807) is 24.3 Å². The Morgan fingerprint density at radius 2 is 1.67 bits per heavy atom. The summed E-state index contributed by atoms with van der Waals surface area (Å²) >= 11 is 0. The molecule has 0 radical (unpaired) electrons. The molecule has 2 aliphatic rings.